The maximum atomic E-state index is 6.00. The molecule has 0 aliphatic carbocycles. The molecule has 1 unspecified atom stereocenters. The number of hydrogen-bond acceptors (Lipinski definition) is 3. The molecular weight excluding hydrogens is 210 g/mol. The molecule has 3 nitrogen and oxygen atoms in total. The highest BCUT2D eigenvalue weighted by Crippen LogP contribution is 2.19. The van der Waals surface area contributed by atoms with E-state index in [2.05, 4.69) is 15.6 Å². The number of rotatable bonds is 3. The van der Waals surface area contributed by atoms with Gasteiger partial charge in [0.2, 0.25) is 0 Å². The minimum Gasteiger partial charge on any atom is -0.382 e. The van der Waals surface area contributed by atoms with Crippen molar-refractivity contribution in [3.63, 3.8) is 0 Å². The fourth-order valence-electron chi connectivity index (χ4n) is 1.85. The van der Waals surface area contributed by atoms with Crippen LogP contribution in [0.25, 0.3) is 0 Å². The van der Waals surface area contributed by atoms with Crippen molar-refractivity contribution in [1.29, 1.82) is 0 Å². The van der Waals surface area contributed by atoms with Crippen molar-refractivity contribution in [3.8, 4) is 0 Å². The van der Waals surface area contributed by atoms with Gasteiger partial charge in [-0.3, -0.25) is 4.98 Å². The Morgan fingerprint density at radius 3 is 3.20 bits per heavy atom. The van der Waals surface area contributed by atoms with E-state index in [0.29, 0.717) is 11.1 Å². The van der Waals surface area contributed by atoms with Crippen LogP contribution < -0.4 is 10.6 Å². The molecule has 0 bridgehead atoms. The van der Waals surface area contributed by atoms with Crippen LogP contribution in [-0.4, -0.2) is 24.1 Å². The number of pyridine rings is 1. The Hall–Kier alpha value is -0.800. The normalized spacial score (nSPS) is 21.3. The summed E-state index contributed by atoms with van der Waals surface area (Å²) in [5.74, 6) is 0. The van der Waals surface area contributed by atoms with Gasteiger partial charge in [-0.15, -0.1) is 0 Å². The van der Waals surface area contributed by atoms with Gasteiger partial charge in [0.15, 0.2) is 0 Å². The van der Waals surface area contributed by atoms with Crippen LogP contribution >= 0.6 is 11.6 Å². The lowest BCUT2D eigenvalue weighted by molar-refractivity contribution is 0.414. The second-order valence-corrected chi connectivity index (χ2v) is 4.29. The lowest BCUT2D eigenvalue weighted by Crippen LogP contribution is -2.39. The summed E-state index contributed by atoms with van der Waals surface area (Å²) in [4.78, 5) is 3.95. The molecule has 82 valence electrons. The molecular formula is C11H16ClN3. The minimum absolute atomic E-state index is 0.572. The second kappa shape index (κ2) is 5.33. The lowest BCUT2D eigenvalue weighted by atomic mass is 10.1. The first-order valence-electron chi connectivity index (χ1n) is 5.43. The average Bonchev–Trinajstić information content (AvgIpc) is 2.29. The molecule has 0 amide bonds. The van der Waals surface area contributed by atoms with Crippen molar-refractivity contribution in [2.75, 3.05) is 18.4 Å². The number of halogens is 1. The van der Waals surface area contributed by atoms with Crippen LogP contribution in [0.3, 0.4) is 0 Å². The van der Waals surface area contributed by atoms with Crippen LogP contribution in [0.1, 0.15) is 19.3 Å². The van der Waals surface area contributed by atoms with E-state index in [9.17, 15) is 0 Å². The average molecular weight is 226 g/mol. The van der Waals surface area contributed by atoms with Crippen LogP contribution in [0, 0.1) is 0 Å². The van der Waals surface area contributed by atoms with E-state index in [4.69, 9.17) is 11.6 Å². The van der Waals surface area contributed by atoms with Crippen LogP contribution in [0.4, 0.5) is 5.69 Å². The summed E-state index contributed by atoms with van der Waals surface area (Å²) in [7, 11) is 0. The number of aromatic nitrogens is 1. The lowest BCUT2D eigenvalue weighted by Gasteiger charge is -2.24. The van der Waals surface area contributed by atoms with Gasteiger partial charge in [0, 0.05) is 25.0 Å². The first-order valence-corrected chi connectivity index (χ1v) is 5.81. The first-order chi connectivity index (χ1) is 7.36. The Labute approximate surface area is 95.2 Å². The van der Waals surface area contributed by atoms with E-state index < -0.39 is 0 Å². The molecule has 1 aromatic heterocycles. The van der Waals surface area contributed by atoms with E-state index in [1.165, 1.54) is 19.3 Å². The zero-order chi connectivity index (χ0) is 10.5. The second-order valence-electron chi connectivity index (χ2n) is 3.88. The molecule has 2 heterocycles. The molecule has 1 atom stereocenters. The van der Waals surface area contributed by atoms with Gasteiger partial charge in [0.25, 0.3) is 0 Å². The van der Waals surface area contributed by atoms with E-state index in [1.807, 2.05) is 6.07 Å². The highest BCUT2D eigenvalue weighted by Gasteiger charge is 2.12. The molecule has 1 aliphatic heterocycles. The Morgan fingerprint density at radius 2 is 2.47 bits per heavy atom. The molecule has 1 aromatic rings. The van der Waals surface area contributed by atoms with Crippen LogP contribution in [-0.2, 0) is 0 Å². The molecule has 1 saturated heterocycles. The fourth-order valence-corrected chi connectivity index (χ4v) is 2.04. The Morgan fingerprint density at radius 1 is 1.53 bits per heavy atom. The van der Waals surface area contributed by atoms with Gasteiger partial charge >= 0.3 is 0 Å². The molecule has 2 N–H and O–H groups in total. The van der Waals surface area contributed by atoms with Crippen molar-refractivity contribution in [2.45, 2.75) is 25.3 Å². The molecule has 4 heteroatoms. The highest BCUT2D eigenvalue weighted by molar-refractivity contribution is 6.33. The van der Waals surface area contributed by atoms with Crippen LogP contribution in [0.15, 0.2) is 18.5 Å². The summed E-state index contributed by atoms with van der Waals surface area (Å²) in [6.07, 6.45) is 7.28. The molecule has 2 rings (SSSR count). The van der Waals surface area contributed by atoms with Crippen molar-refractivity contribution in [2.24, 2.45) is 0 Å². The summed E-state index contributed by atoms with van der Waals surface area (Å²) in [5.41, 5.74) is 0.971. The molecule has 0 spiro atoms. The van der Waals surface area contributed by atoms with E-state index in [0.717, 1.165) is 18.8 Å². The number of hydrogen-bond donors (Lipinski definition) is 2. The Balaban J connectivity index is 1.84. The summed E-state index contributed by atoms with van der Waals surface area (Å²) in [6, 6.07) is 2.48. The monoisotopic (exact) mass is 225 g/mol. The fraction of sp³-hybridized carbons (Fsp3) is 0.545. The number of anilines is 1. The standard InChI is InChI=1S/C11H16ClN3/c12-10-8-13-6-4-11(10)15-7-9-3-1-2-5-14-9/h4,6,8-9,14H,1-3,5,7H2,(H,13,15). The SMILES string of the molecule is Clc1cnccc1NCC1CCCCN1. The zero-order valence-electron chi connectivity index (χ0n) is 8.67. The molecule has 0 radical (unpaired) electrons. The molecule has 1 fully saturated rings. The van der Waals surface area contributed by atoms with E-state index >= 15 is 0 Å². The van der Waals surface area contributed by atoms with Crippen molar-refractivity contribution in [3.05, 3.63) is 23.5 Å². The highest BCUT2D eigenvalue weighted by atomic mass is 35.5. The largest absolute Gasteiger partial charge is 0.382 e. The quantitative estimate of drug-likeness (QED) is 0.829. The summed E-state index contributed by atoms with van der Waals surface area (Å²) in [6.45, 7) is 2.07. The summed E-state index contributed by atoms with van der Waals surface area (Å²) < 4.78 is 0. The number of piperidine rings is 1. The number of nitrogens with one attached hydrogen (secondary N) is 2. The molecule has 1 aliphatic rings. The van der Waals surface area contributed by atoms with Gasteiger partial charge in [-0.2, -0.15) is 0 Å². The summed E-state index contributed by atoms with van der Waals surface area (Å²) in [5, 5.41) is 7.52. The van der Waals surface area contributed by atoms with Gasteiger partial charge in [0.1, 0.15) is 0 Å². The Bertz CT molecular complexity index is 310. The summed E-state index contributed by atoms with van der Waals surface area (Å²) >= 11 is 6.00. The maximum Gasteiger partial charge on any atom is 0.0820 e. The van der Waals surface area contributed by atoms with Gasteiger partial charge in [-0.05, 0) is 25.5 Å². The maximum absolute atomic E-state index is 6.00. The third-order valence-corrected chi connectivity index (χ3v) is 3.02. The zero-order valence-corrected chi connectivity index (χ0v) is 9.43. The topological polar surface area (TPSA) is 37.0 Å². The third-order valence-electron chi connectivity index (χ3n) is 2.72. The van der Waals surface area contributed by atoms with Crippen LogP contribution in [0.5, 0.6) is 0 Å². The van der Waals surface area contributed by atoms with Crippen molar-refractivity contribution < 1.29 is 0 Å². The van der Waals surface area contributed by atoms with Crippen molar-refractivity contribution in [1.82, 2.24) is 10.3 Å². The van der Waals surface area contributed by atoms with Crippen molar-refractivity contribution >= 4 is 17.3 Å². The molecule has 0 aromatic carbocycles. The first kappa shape index (κ1) is 10.7. The predicted molar refractivity (Wildman–Crippen MR) is 63.4 cm³/mol. The predicted octanol–water partition coefficient (Wildman–Crippen LogP) is 2.29. The third kappa shape index (κ3) is 3.08. The number of nitrogens with zero attached hydrogens (tertiary/aromatic N) is 1. The van der Waals surface area contributed by atoms with Gasteiger partial charge in [0.05, 0.1) is 10.7 Å². The van der Waals surface area contributed by atoms with Gasteiger partial charge in [-0.1, -0.05) is 18.0 Å². The Kier molecular flexibility index (Phi) is 3.80. The van der Waals surface area contributed by atoms with Gasteiger partial charge in [-0.25, -0.2) is 0 Å². The minimum atomic E-state index is 0.572. The van der Waals surface area contributed by atoms with Gasteiger partial charge < -0.3 is 10.6 Å². The molecule has 15 heavy (non-hydrogen) atoms. The van der Waals surface area contributed by atoms with Crippen LogP contribution in [0.2, 0.25) is 5.02 Å². The van der Waals surface area contributed by atoms with E-state index in [1.54, 1.807) is 12.4 Å². The van der Waals surface area contributed by atoms with E-state index in [-0.39, 0.29) is 0 Å². The smallest absolute Gasteiger partial charge is 0.0820 e. The molecule has 0 saturated carbocycles.